The van der Waals surface area contributed by atoms with Gasteiger partial charge in [-0.3, -0.25) is 9.59 Å². The first-order chi connectivity index (χ1) is 15.7. The third-order valence-corrected chi connectivity index (χ3v) is 6.50. The van der Waals surface area contributed by atoms with Crippen LogP contribution in [0.2, 0.25) is 5.02 Å². The van der Waals surface area contributed by atoms with Gasteiger partial charge >= 0.3 is 0 Å². The molecule has 0 saturated heterocycles. The van der Waals surface area contributed by atoms with Crippen LogP contribution in [0.5, 0.6) is 5.75 Å². The van der Waals surface area contributed by atoms with E-state index in [4.69, 9.17) is 16.3 Å². The summed E-state index contributed by atoms with van der Waals surface area (Å²) in [5, 5.41) is 3.63. The molecule has 0 aliphatic rings. The lowest BCUT2D eigenvalue weighted by atomic mass is 10.0. The Balaban J connectivity index is 2.22. The third-order valence-electron chi connectivity index (χ3n) is 5.63. The molecule has 2 atom stereocenters. The van der Waals surface area contributed by atoms with Crippen LogP contribution in [0.1, 0.15) is 64.5 Å². The van der Waals surface area contributed by atoms with Gasteiger partial charge < -0.3 is 15.0 Å². The van der Waals surface area contributed by atoms with Crippen molar-refractivity contribution in [2.24, 2.45) is 0 Å². The third kappa shape index (κ3) is 8.04. The van der Waals surface area contributed by atoms with E-state index in [1.807, 2.05) is 51.1 Å². The Labute approximate surface area is 211 Å². The van der Waals surface area contributed by atoms with Crippen LogP contribution in [-0.4, -0.2) is 35.4 Å². The van der Waals surface area contributed by atoms with Gasteiger partial charge in [-0.1, -0.05) is 57.5 Å². The maximum Gasteiger partial charge on any atom is 0.261 e. The molecule has 5 nitrogen and oxygen atoms in total. The quantitative estimate of drug-likeness (QED) is 0.364. The van der Waals surface area contributed by atoms with Crippen molar-refractivity contribution in [2.45, 2.75) is 72.0 Å². The fraction of sp³-hybridized carbons (Fsp3) is 0.462. The smallest absolute Gasteiger partial charge is 0.261 e. The molecule has 7 heteroatoms. The van der Waals surface area contributed by atoms with Gasteiger partial charge in [0.1, 0.15) is 11.8 Å². The highest BCUT2D eigenvalue weighted by Gasteiger charge is 2.29. The molecule has 2 rings (SSSR count). The Morgan fingerprint density at radius 3 is 2.27 bits per heavy atom. The van der Waals surface area contributed by atoms with Gasteiger partial charge in [-0.15, -0.1) is 0 Å². The lowest BCUT2D eigenvalue weighted by Crippen LogP contribution is -2.51. The van der Waals surface area contributed by atoms with Crippen molar-refractivity contribution >= 4 is 39.3 Å². The first-order valence-electron chi connectivity index (χ1n) is 11.4. The maximum absolute atomic E-state index is 13.3. The lowest BCUT2D eigenvalue weighted by molar-refractivity contribution is -0.143. The van der Waals surface area contributed by atoms with Crippen LogP contribution in [0.3, 0.4) is 0 Å². The largest absolute Gasteiger partial charge is 0.483 e. The summed E-state index contributed by atoms with van der Waals surface area (Å²) in [4.78, 5) is 27.9. The highest BCUT2D eigenvalue weighted by atomic mass is 79.9. The van der Waals surface area contributed by atoms with Crippen molar-refractivity contribution in [1.82, 2.24) is 10.2 Å². The van der Waals surface area contributed by atoms with Crippen molar-refractivity contribution in [3.8, 4) is 5.75 Å². The van der Waals surface area contributed by atoms with E-state index >= 15 is 0 Å². The zero-order valence-electron chi connectivity index (χ0n) is 20.0. The molecule has 0 saturated carbocycles. The van der Waals surface area contributed by atoms with Gasteiger partial charge in [0.15, 0.2) is 6.61 Å². The van der Waals surface area contributed by atoms with E-state index in [9.17, 15) is 9.59 Å². The van der Waals surface area contributed by atoms with Crippen molar-refractivity contribution in [1.29, 1.82) is 0 Å². The summed E-state index contributed by atoms with van der Waals surface area (Å²) < 4.78 is 6.66. The zero-order valence-corrected chi connectivity index (χ0v) is 22.4. The molecule has 0 radical (unpaired) electrons. The van der Waals surface area contributed by atoms with Crippen LogP contribution >= 0.6 is 27.5 Å². The lowest BCUT2D eigenvalue weighted by Gasteiger charge is -2.31. The summed E-state index contributed by atoms with van der Waals surface area (Å²) in [5.74, 6) is 0.574. The molecule has 0 aromatic heterocycles. The molecule has 0 bridgehead atoms. The summed E-state index contributed by atoms with van der Waals surface area (Å²) >= 11 is 9.56. The summed E-state index contributed by atoms with van der Waals surface area (Å²) in [5.41, 5.74) is 2.07. The maximum atomic E-state index is 13.3. The molecule has 0 heterocycles. The van der Waals surface area contributed by atoms with Crippen LogP contribution in [0.15, 0.2) is 46.9 Å². The SMILES string of the molecule is CCC(C)NC(=O)C(CC)N(Cc1ccc(Cl)cc1)C(=O)COc1ccc(C(C)C)cc1Br. The molecule has 180 valence electrons. The molecule has 0 spiro atoms. The Morgan fingerprint density at radius 1 is 1.06 bits per heavy atom. The Morgan fingerprint density at radius 2 is 1.73 bits per heavy atom. The molecule has 1 N–H and O–H groups in total. The number of nitrogens with one attached hydrogen (secondary N) is 1. The number of nitrogens with zero attached hydrogens (tertiary/aromatic N) is 1. The van der Waals surface area contributed by atoms with Gasteiger partial charge in [0.25, 0.3) is 5.91 Å². The number of hydrogen-bond acceptors (Lipinski definition) is 3. The topological polar surface area (TPSA) is 58.6 Å². The normalized spacial score (nSPS) is 12.8. The second-order valence-electron chi connectivity index (χ2n) is 8.52. The number of rotatable bonds is 11. The van der Waals surface area contributed by atoms with E-state index in [0.29, 0.717) is 29.7 Å². The highest BCUT2D eigenvalue weighted by molar-refractivity contribution is 9.10. The second kappa shape index (κ2) is 13.0. The number of benzene rings is 2. The predicted octanol–water partition coefficient (Wildman–Crippen LogP) is 6.33. The first kappa shape index (κ1) is 27.2. The number of hydrogen-bond donors (Lipinski definition) is 1. The molecule has 33 heavy (non-hydrogen) atoms. The van der Waals surface area contributed by atoms with Crippen molar-refractivity contribution in [3.05, 3.63) is 63.1 Å². The van der Waals surface area contributed by atoms with Crippen LogP contribution in [0, 0.1) is 0 Å². The van der Waals surface area contributed by atoms with E-state index in [1.165, 1.54) is 5.56 Å². The minimum Gasteiger partial charge on any atom is -0.483 e. The first-order valence-corrected chi connectivity index (χ1v) is 12.6. The Hall–Kier alpha value is -2.05. The van der Waals surface area contributed by atoms with Crippen LogP contribution in [-0.2, 0) is 16.1 Å². The monoisotopic (exact) mass is 536 g/mol. The van der Waals surface area contributed by atoms with Crippen LogP contribution < -0.4 is 10.1 Å². The van der Waals surface area contributed by atoms with Gasteiger partial charge in [-0.05, 0) is 77.0 Å². The number of halogens is 2. The molecule has 2 aromatic carbocycles. The minimum absolute atomic E-state index is 0.0331. The Kier molecular flexibility index (Phi) is 10.7. The van der Waals surface area contributed by atoms with Crippen molar-refractivity contribution in [2.75, 3.05) is 6.61 Å². The highest BCUT2D eigenvalue weighted by Crippen LogP contribution is 2.29. The molecule has 0 aliphatic carbocycles. The molecule has 2 aromatic rings. The predicted molar refractivity (Wildman–Crippen MR) is 138 cm³/mol. The van der Waals surface area contributed by atoms with Gasteiger partial charge in [0.05, 0.1) is 4.47 Å². The number of carbonyl (C=O) groups is 2. The van der Waals surface area contributed by atoms with Crippen LogP contribution in [0.4, 0.5) is 0 Å². The van der Waals surface area contributed by atoms with Gasteiger partial charge in [-0.2, -0.15) is 0 Å². The van der Waals surface area contributed by atoms with E-state index in [-0.39, 0.29) is 24.5 Å². The zero-order chi connectivity index (χ0) is 24.5. The van der Waals surface area contributed by atoms with Gasteiger partial charge in [-0.25, -0.2) is 0 Å². The molecule has 2 unspecified atom stereocenters. The standard InChI is InChI=1S/C26H34BrClN2O3/c1-6-18(5)29-26(32)23(7-2)30(15-19-8-11-21(28)12-9-19)25(31)16-33-24-13-10-20(17(3)4)14-22(24)27/h8-14,17-18,23H,6-7,15-16H2,1-5H3,(H,29,32). The molecular formula is C26H34BrClN2O3. The average Bonchev–Trinajstić information content (AvgIpc) is 2.78. The van der Waals surface area contributed by atoms with E-state index in [2.05, 4.69) is 35.1 Å². The fourth-order valence-corrected chi connectivity index (χ4v) is 4.00. The molecule has 0 aliphatic heterocycles. The Bertz CT molecular complexity index is 934. The van der Waals surface area contributed by atoms with Crippen molar-refractivity contribution < 1.29 is 14.3 Å². The van der Waals surface area contributed by atoms with E-state index in [0.717, 1.165) is 16.5 Å². The number of amides is 2. The summed E-state index contributed by atoms with van der Waals surface area (Å²) in [7, 11) is 0. The van der Waals surface area contributed by atoms with Crippen molar-refractivity contribution in [3.63, 3.8) is 0 Å². The summed E-state index contributed by atoms with van der Waals surface area (Å²) in [6.07, 6.45) is 1.31. The van der Waals surface area contributed by atoms with Gasteiger partial charge in [0.2, 0.25) is 5.91 Å². The summed E-state index contributed by atoms with van der Waals surface area (Å²) in [6, 6.07) is 12.6. The minimum atomic E-state index is -0.600. The second-order valence-corrected chi connectivity index (χ2v) is 9.81. The average molecular weight is 538 g/mol. The molecule has 2 amide bonds. The number of ether oxygens (including phenoxy) is 1. The van der Waals surface area contributed by atoms with E-state index < -0.39 is 6.04 Å². The molecular weight excluding hydrogens is 504 g/mol. The fourth-order valence-electron chi connectivity index (χ4n) is 3.36. The summed E-state index contributed by atoms with van der Waals surface area (Å²) in [6.45, 7) is 10.2. The van der Waals surface area contributed by atoms with Crippen LogP contribution in [0.25, 0.3) is 0 Å². The van der Waals surface area contributed by atoms with Gasteiger partial charge in [0, 0.05) is 17.6 Å². The van der Waals surface area contributed by atoms with E-state index in [1.54, 1.807) is 17.0 Å². The molecule has 0 fully saturated rings. The number of carbonyl (C=O) groups excluding carboxylic acids is 2.